The summed E-state index contributed by atoms with van der Waals surface area (Å²) in [5, 5.41) is 13.8. The summed E-state index contributed by atoms with van der Waals surface area (Å²) in [6, 6.07) is 11.1. The fraction of sp³-hybridized carbons (Fsp3) is 0.350. The number of carbonyl (C=O) groups excluding carboxylic acids is 1. The maximum atomic E-state index is 12.6. The van der Waals surface area contributed by atoms with Gasteiger partial charge in [-0.2, -0.15) is 0 Å². The van der Waals surface area contributed by atoms with E-state index in [-0.39, 0.29) is 17.4 Å². The van der Waals surface area contributed by atoms with E-state index >= 15 is 0 Å². The summed E-state index contributed by atoms with van der Waals surface area (Å²) in [4.78, 5) is 22.9. The van der Waals surface area contributed by atoms with E-state index in [4.69, 9.17) is 0 Å². The van der Waals surface area contributed by atoms with Crippen LogP contribution in [0.4, 0.5) is 11.4 Å². The van der Waals surface area contributed by atoms with Crippen LogP contribution in [0.25, 0.3) is 0 Å². The zero-order valence-electron chi connectivity index (χ0n) is 16.3. The number of nitrogens with zero attached hydrogens (tertiary/aromatic N) is 2. The lowest BCUT2D eigenvalue weighted by atomic mass is 10.0. The van der Waals surface area contributed by atoms with Crippen LogP contribution >= 0.6 is 0 Å². The first-order valence-electron chi connectivity index (χ1n) is 9.28. The first-order chi connectivity index (χ1) is 13.6. The third kappa shape index (κ3) is 4.92. The Morgan fingerprint density at radius 3 is 2.62 bits per heavy atom. The van der Waals surface area contributed by atoms with Gasteiger partial charge in [-0.1, -0.05) is 24.3 Å². The molecule has 0 fully saturated rings. The molecule has 29 heavy (non-hydrogen) atoms. The van der Waals surface area contributed by atoms with Crippen molar-refractivity contribution in [3.63, 3.8) is 0 Å². The van der Waals surface area contributed by atoms with E-state index in [0.29, 0.717) is 0 Å². The Bertz CT molecular complexity index is 1050. The fourth-order valence-corrected chi connectivity index (χ4v) is 4.37. The van der Waals surface area contributed by atoms with E-state index in [1.54, 1.807) is 0 Å². The summed E-state index contributed by atoms with van der Waals surface area (Å²) in [7, 11) is -3.81. The molecule has 2 aromatic carbocycles. The highest BCUT2D eigenvalue weighted by molar-refractivity contribution is 7.92. The molecule has 154 valence electrons. The maximum absolute atomic E-state index is 12.6. The second-order valence-electron chi connectivity index (χ2n) is 7.22. The number of nitro benzene ring substituents is 1. The van der Waals surface area contributed by atoms with Crippen LogP contribution in [0.15, 0.2) is 42.5 Å². The molecule has 1 aliphatic rings. The van der Waals surface area contributed by atoms with Gasteiger partial charge >= 0.3 is 0 Å². The monoisotopic (exact) mass is 417 g/mol. The van der Waals surface area contributed by atoms with E-state index in [9.17, 15) is 23.3 Å². The van der Waals surface area contributed by atoms with Gasteiger partial charge in [-0.25, -0.2) is 8.42 Å². The van der Waals surface area contributed by atoms with E-state index in [1.165, 1.54) is 29.3 Å². The summed E-state index contributed by atoms with van der Waals surface area (Å²) in [6.07, 6.45) is 4.19. The number of nitrogens with one attached hydrogen (secondary N) is 1. The first kappa shape index (κ1) is 20.8. The zero-order chi connectivity index (χ0) is 21.2. The van der Waals surface area contributed by atoms with Crippen molar-refractivity contribution < 1.29 is 18.1 Å². The predicted molar refractivity (Wildman–Crippen MR) is 110 cm³/mol. The van der Waals surface area contributed by atoms with Crippen LogP contribution in [0.2, 0.25) is 0 Å². The van der Waals surface area contributed by atoms with Crippen LogP contribution in [-0.4, -0.2) is 32.0 Å². The molecule has 3 rings (SSSR count). The van der Waals surface area contributed by atoms with Crippen LogP contribution in [0.5, 0.6) is 0 Å². The summed E-state index contributed by atoms with van der Waals surface area (Å²) >= 11 is 0. The number of benzene rings is 2. The molecule has 1 amide bonds. The number of fused-ring (bicyclic) bond motifs is 1. The van der Waals surface area contributed by atoms with Gasteiger partial charge in [0, 0.05) is 12.1 Å². The molecular weight excluding hydrogens is 394 g/mol. The molecule has 0 bridgehead atoms. The largest absolute Gasteiger partial charge is 0.348 e. The number of hydrogen-bond donors (Lipinski definition) is 1. The SMILES string of the molecule is C[C@@H](NC(=O)CN(c1cccc([N+](=O)[O-])c1)S(C)(=O)=O)c1ccc2c(c1)CCC2. The minimum Gasteiger partial charge on any atom is -0.348 e. The van der Waals surface area contributed by atoms with Gasteiger partial charge in [-0.05, 0) is 48.9 Å². The molecule has 0 saturated carbocycles. The number of amides is 1. The molecule has 1 aliphatic carbocycles. The average Bonchev–Trinajstić information content (AvgIpc) is 3.13. The minimum atomic E-state index is -3.81. The van der Waals surface area contributed by atoms with Crippen molar-refractivity contribution in [1.29, 1.82) is 0 Å². The molecule has 0 aromatic heterocycles. The van der Waals surface area contributed by atoms with Gasteiger partial charge < -0.3 is 5.32 Å². The average molecular weight is 417 g/mol. The smallest absolute Gasteiger partial charge is 0.271 e. The molecule has 8 nitrogen and oxygen atoms in total. The van der Waals surface area contributed by atoms with E-state index in [2.05, 4.69) is 17.4 Å². The Labute approximate surface area is 169 Å². The van der Waals surface area contributed by atoms with Gasteiger partial charge in [0.05, 0.1) is 22.9 Å². The van der Waals surface area contributed by atoms with Crippen molar-refractivity contribution >= 4 is 27.3 Å². The van der Waals surface area contributed by atoms with Gasteiger partial charge in [0.25, 0.3) is 5.69 Å². The Balaban J connectivity index is 1.75. The molecule has 1 N–H and O–H groups in total. The Morgan fingerprint density at radius 2 is 1.93 bits per heavy atom. The molecule has 0 saturated heterocycles. The van der Waals surface area contributed by atoms with Gasteiger partial charge in [-0.15, -0.1) is 0 Å². The van der Waals surface area contributed by atoms with Gasteiger partial charge in [0.15, 0.2) is 0 Å². The number of nitro groups is 1. The minimum absolute atomic E-state index is 0.0713. The quantitative estimate of drug-likeness (QED) is 0.550. The maximum Gasteiger partial charge on any atom is 0.271 e. The highest BCUT2D eigenvalue weighted by Crippen LogP contribution is 2.26. The van der Waals surface area contributed by atoms with Gasteiger partial charge in [0.2, 0.25) is 15.9 Å². The second kappa shape index (κ2) is 8.20. The van der Waals surface area contributed by atoms with Gasteiger partial charge in [0.1, 0.15) is 6.54 Å². The third-order valence-electron chi connectivity index (χ3n) is 5.02. The topological polar surface area (TPSA) is 110 Å². The molecular formula is C20H23N3O5S. The van der Waals surface area contributed by atoms with Crippen molar-refractivity contribution in [3.05, 3.63) is 69.3 Å². The number of anilines is 1. The Morgan fingerprint density at radius 1 is 1.21 bits per heavy atom. The molecule has 9 heteroatoms. The van der Waals surface area contributed by atoms with Gasteiger partial charge in [-0.3, -0.25) is 19.2 Å². The molecule has 0 unspecified atom stereocenters. The molecule has 1 atom stereocenters. The van der Waals surface area contributed by atoms with Crippen LogP contribution < -0.4 is 9.62 Å². The third-order valence-corrected chi connectivity index (χ3v) is 6.16. The van der Waals surface area contributed by atoms with Crippen molar-refractivity contribution in [2.45, 2.75) is 32.2 Å². The number of rotatable bonds is 7. The number of carbonyl (C=O) groups is 1. The highest BCUT2D eigenvalue weighted by atomic mass is 32.2. The second-order valence-corrected chi connectivity index (χ2v) is 9.12. The lowest BCUT2D eigenvalue weighted by Gasteiger charge is -2.23. The standard InChI is InChI=1S/C20H23N3O5S/c1-14(16-10-9-15-5-3-6-17(15)11-16)21-20(24)13-22(29(2,27)28)18-7-4-8-19(12-18)23(25)26/h4,7-12,14H,3,5-6,13H2,1-2H3,(H,21,24)/t14-/m1/s1. The van der Waals surface area contributed by atoms with Crippen LogP contribution in [0.1, 0.15) is 36.1 Å². The molecule has 0 radical (unpaired) electrons. The van der Waals surface area contributed by atoms with E-state index < -0.39 is 27.4 Å². The van der Waals surface area contributed by atoms with Crippen LogP contribution in [-0.2, 0) is 27.7 Å². The lowest BCUT2D eigenvalue weighted by Crippen LogP contribution is -2.41. The van der Waals surface area contributed by atoms with Crippen LogP contribution in [0.3, 0.4) is 0 Å². The summed E-state index contributed by atoms with van der Waals surface area (Å²) in [5.41, 5.74) is 3.41. The predicted octanol–water partition coefficient (Wildman–Crippen LogP) is 2.73. The number of aryl methyl sites for hydroxylation is 2. The summed E-state index contributed by atoms with van der Waals surface area (Å²) in [5.74, 6) is -0.491. The lowest BCUT2D eigenvalue weighted by molar-refractivity contribution is -0.384. The van der Waals surface area contributed by atoms with Crippen molar-refractivity contribution in [1.82, 2.24) is 5.32 Å². The number of hydrogen-bond acceptors (Lipinski definition) is 5. The van der Waals surface area contributed by atoms with E-state index in [1.807, 2.05) is 13.0 Å². The molecule has 0 aliphatic heterocycles. The van der Waals surface area contributed by atoms with Crippen molar-refractivity contribution in [2.75, 3.05) is 17.1 Å². The first-order valence-corrected chi connectivity index (χ1v) is 11.1. The molecule has 0 spiro atoms. The zero-order valence-corrected chi connectivity index (χ0v) is 17.1. The highest BCUT2D eigenvalue weighted by Gasteiger charge is 2.24. The summed E-state index contributed by atoms with van der Waals surface area (Å²) < 4.78 is 25.3. The van der Waals surface area contributed by atoms with E-state index in [0.717, 1.165) is 41.5 Å². The fourth-order valence-electron chi connectivity index (χ4n) is 3.52. The Kier molecular flexibility index (Phi) is 5.88. The Hall–Kier alpha value is -2.94. The number of non-ortho nitro benzene ring substituents is 1. The summed E-state index contributed by atoms with van der Waals surface area (Å²) in [6.45, 7) is 1.38. The number of sulfonamides is 1. The molecule has 2 aromatic rings. The normalized spacial score (nSPS) is 14.1. The van der Waals surface area contributed by atoms with Crippen LogP contribution in [0, 0.1) is 10.1 Å². The molecule has 0 heterocycles. The van der Waals surface area contributed by atoms with Crippen molar-refractivity contribution in [3.8, 4) is 0 Å². The van der Waals surface area contributed by atoms with Crippen molar-refractivity contribution in [2.24, 2.45) is 0 Å².